The highest BCUT2D eigenvalue weighted by Gasteiger charge is 2.36. The van der Waals surface area contributed by atoms with E-state index in [0.29, 0.717) is 6.42 Å². The average Bonchev–Trinajstić information content (AvgIpc) is 3.05. The molecule has 0 amide bonds. The molecule has 1 N–H and O–H groups in total. The van der Waals surface area contributed by atoms with Gasteiger partial charge in [-0.05, 0) is 24.5 Å². The summed E-state index contributed by atoms with van der Waals surface area (Å²) in [4.78, 5) is 11.2. The van der Waals surface area contributed by atoms with Crippen molar-refractivity contribution in [2.75, 3.05) is 13.1 Å². The van der Waals surface area contributed by atoms with Crippen LogP contribution in [0.25, 0.3) is 5.69 Å². The van der Waals surface area contributed by atoms with Crippen molar-refractivity contribution in [1.82, 2.24) is 14.1 Å². The molecule has 1 aromatic carbocycles. The lowest BCUT2D eigenvalue weighted by molar-refractivity contribution is -0.143. The fourth-order valence-corrected chi connectivity index (χ4v) is 4.57. The summed E-state index contributed by atoms with van der Waals surface area (Å²) in [7, 11) is -3.90. The minimum atomic E-state index is -3.90. The monoisotopic (exact) mass is 367 g/mol. The normalized spacial score (nSPS) is 22.0. The lowest BCUT2D eigenvalue weighted by Gasteiger charge is -2.33. The third-order valence-corrected chi connectivity index (χ3v) is 6.06. The molecule has 1 aromatic heterocycles. The van der Waals surface area contributed by atoms with Crippen molar-refractivity contribution >= 4 is 16.0 Å². The zero-order chi connectivity index (χ0) is 18.2. The molecule has 1 aliphatic heterocycles. The SMILES string of the molecule is CC1CC(C(=O)O)CN(S(=O)(=O)c2cnn(-c3ccccc3F)c2)C1. The molecule has 1 aliphatic rings. The molecule has 2 heterocycles. The van der Waals surface area contributed by atoms with Crippen LogP contribution < -0.4 is 0 Å². The van der Waals surface area contributed by atoms with Gasteiger partial charge in [-0.25, -0.2) is 17.5 Å². The van der Waals surface area contributed by atoms with Crippen LogP contribution in [0.2, 0.25) is 0 Å². The number of aliphatic carboxylic acids is 1. The predicted octanol–water partition coefficient (Wildman–Crippen LogP) is 1.74. The molecule has 9 heteroatoms. The number of benzene rings is 1. The fraction of sp³-hybridized carbons (Fsp3) is 0.375. The zero-order valence-corrected chi connectivity index (χ0v) is 14.4. The van der Waals surface area contributed by atoms with E-state index in [1.165, 1.54) is 28.7 Å². The van der Waals surface area contributed by atoms with Gasteiger partial charge in [0, 0.05) is 13.1 Å². The van der Waals surface area contributed by atoms with Crippen molar-refractivity contribution in [3.8, 4) is 5.69 Å². The molecular formula is C16H18FN3O4S. The van der Waals surface area contributed by atoms with Crippen LogP contribution in [0.15, 0.2) is 41.6 Å². The zero-order valence-electron chi connectivity index (χ0n) is 13.5. The molecule has 1 fully saturated rings. The molecule has 2 aromatic rings. The second-order valence-electron chi connectivity index (χ2n) is 6.27. The second-order valence-corrected chi connectivity index (χ2v) is 8.21. The highest BCUT2D eigenvalue weighted by atomic mass is 32.2. The molecule has 1 saturated heterocycles. The van der Waals surface area contributed by atoms with Gasteiger partial charge in [0.25, 0.3) is 0 Å². The maximum absolute atomic E-state index is 13.8. The largest absolute Gasteiger partial charge is 0.481 e. The van der Waals surface area contributed by atoms with E-state index in [2.05, 4.69) is 5.10 Å². The van der Waals surface area contributed by atoms with Gasteiger partial charge in [-0.15, -0.1) is 0 Å². The molecule has 2 atom stereocenters. The van der Waals surface area contributed by atoms with Crippen LogP contribution in [-0.4, -0.2) is 46.7 Å². The van der Waals surface area contributed by atoms with Gasteiger partial charge >= 0.3 is 5.97 Å². The van der Waals surface area contributed by atoms with E-state index in [9.17, 15) is 22.7 Å². The number of aromatic nitrogens is 2. The molecule has 7 nitrogen and oxygen atoms in total. The Morgan fingerprint density at radius 1 is 1.32 bits per heavy atom. The second kappa shape index (κ2) is 6.57. The minimum Gasteiger partial charge on any atom is -0.481 e. The molecule has 3 rings (SSSR count). The number of carboxylic acids is 1. The number of nitrogens with zero attached hydrogens (tertiary/aromatic N) is 3. The Bertz CT molecular complexity index is 896. The van der Waals surface area contributed by atoms with Crippen molar-refractivity contribution in [2.45, 2.75) is 18.2 Å². The number of carbonyl (C=O) groups is 1. The number of sulfonamides is 1. The molecule has 2 unspecified atom stereocenters. The van der Waals surface area contributed by atoms with Crippen LogP contribution in [0.5, 0.6) is 0 Å². The quantitative estimate of drug-likeness (QED) is 0.889. The van der Waals surface area contributed by atoms with E-state index in [1.807, 2.05) is 6.92 Å². The van der Waals surface area contributed by atoms with Crippen molar-refractivity contribution in [3.05, 3.63) is 42.5 Å². The Hall–Kier alpha value is -2.26. The van der Waals surface area contributed by atoms with Crippen LogP contribution in [-0.2, 0) is 14.8 Å². The molecule has 0 spiro atoms. The van der Waals surface area contributed by atoms with E-state index in [-0.39, 0.29) is 29.6 Å². The number of hydrogen-bond donors (Lipinski definition) is 1. The summed E-state index contributed by atoms with van der Waals surface area (Å²) in [6, 6.07) is 5.90. The van der Waals surface area contributed by atoms with E-state index in [4.69, 9.17) is 0 Å². The predicted molar refractivity (Wildman–Crippen MR) is 87.2 cm³/mol. The van der Waals surface area contributed by atoms with Crippen molar-refractivity contribution in [1.29, 1.82) is 0 Å². The molecule has 0 saturated carbocycles. The van der Waals surface area contributed by atoms with Crippen LogP contribution in [0.1, 0.15) is 13.3 Å². The van der Waals surface area contributed by atoms with Gasteiger partial charge in [-0.2, -0.15) is 9.40 Å². The van der Waals surface area contributed by atoms with Gasteiger partial charge in [-0.1, -0.05) is 19.1 Å². The number of rotatable bonds is 4. The smallest absolute Gasteiger partial charge is 0.307 e. The number of carboxylic acid groups (broad SMARTS) is 1. The third-order valence-electron chi connectivity index (χ3n) is 4.27. The first-order chi connectivity index (χ1) is 11.8. The van der Waals surface area contributed by atoms with Crippen LogP contribution in [0, 0.1) is 17.7 Å². The molecule has 0 radical (unpaired) electrons. The lowest BCUT2D eigenvalue weighted by Crippen LogP contribution is -2.45. The number of halogens is 1. The Balaban J connectivity index is 1.91. The Kier molecular flexibility index (Phi) is 4.61. The Morgan fingerprint density at radius 3 is 2.72 bits per heavy atom. The molecular weight excluding hydrogens is 349 g/mol. The summed E-state index contributed by atoms with van der Waals surface area (Å²) in [6.45, 7) is 1.99. The van der Waals surface area contributed by atoms with Crippen molar-refractivity contribution in [3.63, 3.8) is 0 Å². The first-order valence-corrected chi connectivity index (χ1v) is 9.25. The van der Waals surface area contributed by atoms with E-state index >= 15 is 0 Å². The summed E-state index contributed by atoms with van der Waals surface area (Å²) < 4.78 is 41.8. The summed E-state index contributed by atoms with van der Waals surface area (Å²) in [6.07, 6.45) is 2.83. The number of para-hydroxylation sites is 1. The van der Waals surface area contributed by atoms with Gasteiger partial charge in [0.15, 0.2) is 0 Å². The molecule has 134 valence electrons. The van der Waals surface area contributed by atoms with Gasteiger partial charge in [0.1, 0.15) is 16.4 Å². The summed E-state index contributed by atoms with van der Waals surface area (Å²) >= 11 is 0. The summed E-state index contributed by atoms with van der Waals surface area (Å²) in [5.41, 5.74) is 0.138. The highest BCUT2D eigenvalue weighted by molar-refractivity contribution is 7.89. The van der Waals surface area contributed by atoms with Crippen LogP contribution in [0.4, 0.5) is 4.39 Å². The van der Waals surface area contributed by atoms with Crippen molar-refractivity contribution in [2.24, 2.45) is 11.8 Å². The van der Waals surface area contributed by atoms with E-state index < -0.39 is 27.7 Å². The van der Waals surface area contributed by atoms with Gasteiger partial charge in [0.2, 0.25) is 10.0 Å². The Morgan fingerprint density at radius 2 is 2.04 bits per heavy atom. The molecule has 0 bridgehead atoms. The maximum atomic E-state index is 13.8. The maximum Gasteiger partial charge on any atom is 0.307 e. The number of piperidine rings is 1. The van der Waals surface area contributed by atoms with Gasteiger partial charge < -0.3 is 5.11 Å². The third kappa shape index (κ3) is 3.42. The first kappa shape index (κ1) is 17.6. The lowest BCUT2D eigenvalue weighted by atomic mass is 9.92. The highest BCUT2D eigenvalue weighted by Crippen LogP contribution is 2.27. The average molecular weight is 367 g/mol. The topological polar surface area (TPSA) is 92.5 Å². The number of hydrogen-bond acceptors (Lipinski definition) is 4. The fourth-order valence-electron chi connectivity index (χ4n) is 3.04. The van der Waals surface area contributed by atoms with Crippen LogP contribution >= 0.6 is 0 Å². The molecule has 0 aliphatic carbocycles. The first-order valence-electron chi connectivity index (χ1n) is 7.81. The Labute approximate surface area is 144 Å². The van der Waals surface area contributed by atoms with Crippen molar-refractivity contribution < 1.29 is 22.7 Å². The summed E-state index contributed by atoms with van der Waals surface area (Å²) in [5, 5.41) is 13.1. The van der Waals surface area contributed by atoms with Crippen LogP contribution in [0.3, 0.4) is 0 Å². The molecule has 25 heavy (non-hydrogen) atoms. The van der Waals surface area contributed by atoms with Gasteiger partial charge in [-0.3, -0.25) is 4.79 Å². The van der Waals surface area contributed by atoms with Gasteiger partial charge in [0.05, 0.1) is 18.3 Å². The van der Waals surface area contributed by atoms with E-state index in [1.54, 1.807) is 6.07 Å². The standard InChI is InChI=1S/C16H18FN3O4S/c1-11-6-12(16(21)22)9-19(8-11)25(23,24)13-7-18-20(10-13)15-5-3-2-4-14(15)17/h2-5,7,10-12H,6,8-9H2,1H3,(H,21,22). The van der Waals surface area contributed by atoms with E-state index in [0.717, 1.165) is 10.9 Å². The minimum absolute atomic E-state index is 0.0637. The summed E-state index contributed by atoms with van der Waals surface area (Å²) in [5.74, 6) is -2.33.